The molecule has 3 aromatic rings. The molecule has 0 radical (unpaired) electrons. The van der Waals surface area contributed by atoms with E-state index in [1.54, 1.807) is 12.1 Å². The van der Waals surface area contributed by atoms with E-state index in [1.807, 2.05) is 36.4 Å². The van der Waals surface area contributed by atoms with Crippen LogP contribution in [-0.4, -0.2) is 22.9 Å². The normalized spacial score (nSPS) is 11.2. The first-order valence-corrected chi connectivity index (χ1v) is 8.13. The number of para-hydroxylation sites is 2. The van der Waals surface area contributed by atoms with Crippen LogP contribution in [0.4, 0.5) is 0 Å². The summed E-state index contributed by atoms with van der Waals surface area (Å²) in [4.78, 5) is 16.0. The van der Waals surface area contributed by atoms with Gasteiger partial charge in [0.15, 0.2) is 5.58 Å². The third-order valence-electron chi connectivity index (χ3n) is 2.85. The smallest absolute Gasteiger partial charge is 0.257 e. The van der Waals surface area contributed by atoms with Gasteiger partial charge in [0, 0.05) is 5.02 Å². The van der Waals surface area contributed by atoms with Crippen molar-refractivity contribution in [3.8, 4) is 0 Å². The van der Waals surface area contributed by atoms with Gasteiger partial charge in [0.2, 0.25) is 0 Å². The summed E-state index contributed by atoms with van der Waals surface area (Å²) in [7, 11) is 0. The van der Waals surface area contributed by atoms with Crippen LogP contribution >= 0.6 is 23.4 Å². The van der Waals surface area contributed by atoms with Crippen molar-refractivity contribution in [2.24, 2.45) is 5.10 Å². The summed E-state index contributed by atoms with van der Waals surface area (Å²) in [5.41, 5.74) is 4.74. The molecule has 1 heterocycles. The largest absolute Gasteiger partial charge is 0.431 e. The quantitative estimate of drug-likeness (QED) is 0.434. The van der Waals surface area contributed by atoms with Crippen LogP contribution in [0.1, 0.15) is 5.56 Å². The number of carbonyl (C=O) groups excluding carboxylic acids is 1. The SMILES string of the molecule is O=C(CSc1nc2ccccc2o1)N/N=C/c1cccc(Cl)c1. The van der Waals surface area contributed by atoms with E-state index in [0.29, 0.717) is 15.8 Å². The van der Waals surface area contributed by atoms with Crippen molar-refractivity contribution in [1.82, 2.24) is 10.4 Å². The molecule has 2 aromatic carbocycles. The number of aromatic nitrogens is 1. The summed E-state index contributed by atoms with van der Waals surface area (Å²) < 4.78 is 5.52. The van der Waals surface area contributed by atoms with Crippen LogP contribution in [0.25, 0.3) is 11.1 Å². The van der Waals surface area contributed by atoms with Crippen molar-refractivity contribution in [2.75, 3.05) is 5.75 Å². The van der Waals surface area contributed by atoms with Gasteiger partial charge in [-0.3, -0.25) is 4.79 Å². The number of amides is 1. The topological polar surface area (TPSA) is 67.5 Å². The molecule has 1 aromatic heterocycles. The first kappa shape index (κ1) is 15.6. The molecular weight excluding hydrogens is 334 g/mol. The van der Waals surface area contributed by atoms with Crippen LogP contribution < -0.4 is 5.43 Å². The fraction of sp³-hybridized carbons (Fsp3) is 0.0625. The molecule has 0 aliphatic rings. The van der Waals surface area contributed by atoms with Gasteiger partial charge < -0.3 is 4.42 Å². The number of thioether (sulfide) groups is 1. The minimum Gasteiger partial charge on any atom is -0.431 e. The van der Waals surface area contributed by atoms with Crippen molar-refractivity contribution in [1.29, 1.82) is 0 Å². The highest BCUT2D eigenvalue weighted by molar-refractivity contribution is 7.99. The van der Waals surface area contributed by atoms with Crippen LogP contribution in [0.15, 0.2) is 63.3 Å². The number of nitrogens with zero attached hydrogens (tertiary/aromatic N) is 2. The minimum atomic E-state index is -0.240. The Morgan fingerprint density at radius 3 is 3.00 bits per heavy atom. The lowest BCUT2D eigenvalue weighted by Crippen LogP contribution is -2.19. The molecule has 5 nitrogen and oxygen atoms in total. The third kappa shape index (κ3) is 4.34. The van der Waals surface area contributed by atoms with Gasteiger partial charge in [0.25, 0.3) is 11.1 Å². The van der Waals surface area contributed by atoms with E-state index in [9.17, 15) is 4.79 Å². The first-order valence-electron chi connectivity index (χ1n) is 6.76. The highest BCUT2D eigenvalue weighted by Crippen LogP contribution is 2.22. The second-order valence-corrected chi connectivity index (χ2v) is 5.95. The van der Waals surface area contributed by atoms with Gasteiger partial charge in [-0.15, -0.1) is 0 Å². The van der Waals surface area contributed by atoms with E-state index in [-0.39, 0.29) is 11.7 Å². The van der Waals surface area contributed by atoms with Crippen molar-refractivity contribution >= 4 is 46.6 Å². The standard InChI is InChI=1S/C16H12ClN3O2S/c17-12-5-3-4-11(8-12)9-18-20-15(21)10-23-16-19-13-6-1-2-7-14(13)22-16/h1-9H,10H2,(H,20,21)/b18-9+. The van der Waals surface area contributed by atoms with Crippen LogP contribution in [0, 0.1) is 0 Å². The zero-order valence-corrected chi connectivity index (χ0v) is 13.5. The monoisotopic (exact) mass is 345 g/mol. The highest BCUT2D eigenvalue weighted by atomic mass is 35.5. The van der Waals surface area contributed by atoms with E-state index in [0.717, 1.165) is 11.1 Å². The van der Waals surface area contributed by atoms with Crippen LogP contribution in [0.2, 0.25) is 5.02 Å². The van der Waals surface area contributed by atoms with E-state index in [4.69, 9.17) is 16.0 Å². The maximum Gasteiger partial charge on any atom is 0.257 e. The summed E-state index contributed by atoms with van der Waals surface area (Å²) in [6.07, 6.45) is 1.54. The number of fused-ring (bicyclic) bond motifs is 1. The summed E-state index contributed by atoms with van der Waals surface area (Å²) in [6, 6.07) is 14.6. The number of benzene rings is 2. The predicted octanol–water partition coefficient (Wildman–Crippen LogP) is 3.72. The second-order valence-electron chi connectivity index (χ2n) is 4.58. The summed E-state index contributed by atoms with van der Waals surface area (Å²) >= 11 is 7.09. The Morgan fingerprint density at radius 2 is 2.17 bits per heavy atom. The lowest BCUT2D eigenvalue weighted by Gasteiger charge is -1.97. The summed E-state index contributed by atoms with van der Waals surface area (Å²) in [6.45, 7) is 0. The molecule has 0 aliphatic heterocycles. The van der Waals surface area contributed by atoms with Gasteiger partial charge in [-0.1, -0.05) is 47.6 Å². The summed E-state index contributed by atoms with van der Waals surface area (Å²) in [5.74, 6) is -0.0739. The molecule has 3 rings (SSSR count). The molecule has 1 N–H and O–H groups in total. The lowest BCUT2D eigenvalue weighted by molar-refractivity contribution is -0.118. The van der Waals surface area contributed by atoms with E-state index in [1.165, 1.54) is 18.0 Å². The van der Waals surface area contributed by atoms with Crippen molar-refractivity contribution in [3.05, 3.63) is 59.1 Å². The number of hydrazone groups is 1. The van der Waals surface area contributed by atoms with Crippen LogP contribution in [-0.2, 0) is 4.79 Å². The highest BCUT2D eigenvalue weighted by Gasteiger charge is 2.08. The average molecular weight is 346 g/mol. The fourth-order valence-electron chi connectivity index (χ4n) is 1.84. The predicted molar refractivity (Wildman–Crippen MR) is 91.9 cm³/mol. The Balaban J connectivity index is 1.51. The number of carbonyl (C=O) groups is 1. The number of halogens is 1. The first-order chi connectivity index (χ1) is 11.2. The van der Waals surface area contributed by atoms with Gasteiger partial charge in [0.1, 0.15) is 5.52 Å². The molecule has 0 spiro atoms. The Kier molecular flexibility index (Phi) is 4.95. The number of hydrogen-bond acceptors (Lipinski definition) is 5. The summed E-state index contributed by atoms with van der Waals surface area (Å²) in [5, 5.41) is 4.97. The van der Waals surface area contributed by atoms with Crippen molar-refractivity contribution in [3.63, 3.8) is 0 Å². The number of rotatable bonds is 5. The lowest BCUT2D eigenvalue weighted by atomic mass is 10.2. The molecule has 7 heteroatoms. The number of hydrogen-bond donors (Lipinski definition) is 1. The van der Waals surface area contributed by atoms with Crippen molar-refractivity contribution < 1.29 is 9.21 Å². The number of oxazole rings is 1. The van der Waals surface area contributed by atoms with Gasteiger partial charge in [-0.25, -0.2) is 10.4 Å². The molecule has 23 heavy (non-hydrogen) atoms. The molecule has 0 atom stereocenters. The van der Waals surface area contributed by atoms with Gasteiger partial charge in [-0.2, -0.15) is 5.10 Å². The molecule has 0 unspecified atom stereocenters. The molecule has 0 aliphatic carbocycles. The zero-order valence-electron chi connectivity index (χ0n) is 11.9. The molecule has 0 bridgehead atoms. The minimum absolute atomic E-state index is 0.166. The molecule has 0 saturated heterocycles. The molecule has 116 valence electrons. The van der Waals surface area contributed by atoms with Crippen LogP contribution in [0.3, 0.4) is 0 Å². The van der Waals surface area contributed by atoms with Crippen molar-refractivity contribution in [2.45, 2.75) is 5.22 Å². The maximum atomic E-state index is 11.7. The third-order valence-corrected chi connectivity index (χ3v) is 3.92. The van der Waals surface area contributed by atoms with E-state index >= 15 is 0 Å². The second kappa shape index (κ2) is 7.30. The average Bonchev–Trinajstić information content (AvgIpc) is 2.96. The van der Waals surface area contributed by atoms with Gasteiger partial charge in [-0.05, 0) is 29.8 Å². The zero-order chi connectivity index (χ0) is 16.1. The Labute approximate surface area is 141 Å². The van der Waals surface area contributed by atoms with Gasteiger partial charge in [0.05, 0.1) is 12.0 Å². The molecule has 0 fully saturated rings. The number of nitrogens with one attached hydrogen (secondary N) is 1. The Morgan fingerprint density at radius 1 is 1.30 bits per heavy atom. The molecule has 1 amide bonds. The van der Waals surface area contributed by atoms with Crippen LogP contribution in [0.5, 0.6) is 0 Å². The fourth-order valence-corrected chi connectivity index (χ4v) is 2.67. The Bertz CT molecular complexity index is 830. The molecule has 0 saturated carbocycles. The van der Waals surface area contributed by atoms with E-state index < -0.39 is 0 Å². The van der Waals surface area contributed by atoms with Gasteiger partial charge >= 0.3 is 0 Å². The Hall–Kier alpha value is -2.31. The maximum absolute atomic E-state index is 11.7. The molecular formula is C16H12ClN3O2S. The van der Waals surface area contributed by atoms with E-state index in [2.05, 4.69) is 15.5 Å².